The maximum absolute atomic E-state index is 11.8. The minimum atomic E-state index is -0.685. The van der Waals surface area contributed by atoms with Crippen molar-refractivity contribution in [3.05, 3.63) is 36.4 Å². The standard InChI is InChI=1S/C15H17NO4/c1-4-5-8-19-11(2)15(17)20-13-7-6-12(10-16)9-14(13)18-3/h4,6-7,9,11H,1,5,8H2,2-3H3. The molecule has 1 atom stereocenters. The number of carbonyl (C=O) groups is 1. The first-order valence-corrected chi connectivity index (χ1v) is 6.14. The van der Waals surface area contributed by atoms with Crippen molar-refractivity contribution in [2.24, 2.45) is 0 Å². The number of ether oxygens (including phenoxy) is 3. The molecule has 0 aromatic heterocycles. The number of benzene rings is 1. The first-order valence-electron chi connectivity index (χ1n) is 6.14. The Morgan fingerprint density at radius 2 is 2.25 bits per heavy atom. The molecule has 0 amide bonds. The second-order valence-corrected chi connectivity index (χ2v) is 3.99. The molecule has 0 aliphatic rings. The van der Waals surface area contributed by atoms with Gasteiger partial charge in [-0.05, 0) is 25.5 Å². The van der Waals surface area contributed by atoms with E-state index in [-0.39, 0.29) is 5.75 Å². The first kappa shape index (κ1) is 15.7. The smallest absolute Gasteiger partial charge is 0.340 e. The highest BCUT2D eigenvalue weighted by atomic mass is 16.6. The molecular formula is C15H17NO4. The van der Waals surface area contributed by atoms with Gasteiger partial charge in [-0.1, -0.05) is 6.08 Å². The van der Waals surface area contributed by atoms with Crippen LogP contribution in [0.25, 0.3) is 0 Å². The van der Waals surface area contributed by atoms with Gasteiger partial charge < -0.3 is 14.2 Å². The van der Waals surface area contributed by atoms with E-state index >= 15 is 0 Å². The molecule has 1 aromatic carbocycles. The number of methoxy groups -OCH3 is 1. The minimum absolute atomic E-state index is 0.260. The van der Waals surface area contributed by atoms with Gasteiger partial charge in [0.1, 0.15) is 0 Å². The lowest BCUT2D eigenvalue weighted by atomic mass is 10.2. The summed E-state index contributed by atoms with van der Waals surface area (Å²) < 4.78 is 15.6. The highest BCUT2D eigenvalue weighted by Crippen LogP contribution is 2.28. The number of hydrogen-bond acceptors (Lipinski definition) is 5. The van der Waals surface area contributed by atoms with Crippen LogP contribution >= 0.6 is 0 Å². The van der Waals surface area contributed by atoms with Crippen molar-refractivity contribution in [1.29, 1.82) is 5.26 Å². The lowest BCUT2D eigenvalue weighted by Crippen LogP contribution is -2.26. The summed E-state index contributed by atoms with van der Waals surface area (Å²) in [4.78, 5) is 11.8. The van der Waals surface area contributed by atoms with Crippen LogP contribution in [-0.2, 0) is 9.53 Å². The Morgan fingerprint density at radius 3 is 2.85 bits per heavy atom. The molecule has 1 unspecified atom stereocenters. The Balaban J connectivity index is 2.70. The Bertz CT molecular complexity index is 519. The van der Waals surface area contributed by atoms with Crippen molar-refractivity contribution in [2.75, 3.05) is 13.7 Å². The average molecular weight is 275 g/mol. The Kier molecular flexibility index (Phi) is 6.27. The molecule has 0 spiro atoms. The number of nitrogens with zero attached hydrogens (tertiary/aromatic N) is 1. The molecule has 0 bridgehead atoms. The van der Waals surface area contributed by atoms with E-state index in [0.717, 1.165) is 0 Å². The molecule has 1 rings (SSSR count). The van der Waals surface area contributed by atoms with Gasteiger partial charge in [0, 0.05) is 6.07 Å². The SMILES string of the molecule is C=CCCOC(C)C(=O)Oc1ccc(C#N)cc1OC. The number of rotatable bonds is 7. The molecule has 106 valence electrons. The molecule has 0 aliphatic heterocycles. The minimum Gasteiger partial charge on any atom is -0.493 e. The molecule has 0 fully saturated rings. The van der Waals surface area contributed by atoms with Gasteiger partial charge in [-0.25, -0.2) is 4.79 Å². The van der Waals surface area contributed by atoms with Crippen LogP contribution < -0.4 is 9.47 Å². The Labute approximate surface area is 118 Å². The summed E-state index contributed by atoms with van der Waals surface area (Å²) in [6, 6.07) is 6.56. The largest absolute Gasteiger partial charge is 0.493 e. The number of carbonyl (C=O) groups excluding carboxylic acids is 1. The summed E-state index contributed by atoms with van der Waals surface area (Å²) in [6.45, 7) is 5.59. The summed E-state index contributed by atoms with van der Waals surface area (Å²) in [5.41, 5.74) is 0.428. The number of nitriles is 1. The van der Waals surface area contributed by atoms with Gasteiger partial charge in [-0.2, -0.15) is 5.26 Å². The summed E-state index contributed by atoms with van der Waals surface area (Å²) >= 11 is 0. The quantitative estimate of drug-likeness (QED) is 0.331. The van der Waals surface area contributed by atoms with Crippen molar-refractivity contribution in [1.82, 2.24) is 0 Å². The van der Waals surface area contributed by atoms with Gasteiger partial charge in [0.25, 0.3) is 0 Å². The van der Waals surface area contributed by atoms with Crippen LogP contribution in [0.3, 0.4) is 0 Å². The molecular weight excluding hydrogens is 258 g/mol. The average Bonchev–Trinajstić information content (AvgIpc) is 2.47. The topological polar surface area (TPSA) is 68.5 Å². The summed E-state index contributed by atoms with van der Waals surface area (Å²) in [5.74, 6) is 0.0726. The summed E-state index contributed by atoms with van der Waals surface area (Å²) in [7, 11) is 1.44. The Morgan fingerprint density at radius 1 is 1.50 bits per heavy atom. The lowest BCUT2D eigenvalue weighted by molar-refractivity contribution is -0.146. The van der Waals surface area contributed by atoms with Crippen LogP contribution in [0.1, 0.15) is 18.9 Å². The van der Waals surface area contributed by atoms with Crippen molar-refractivity contribution < 1.29 is 19.0 Å². The summed E-state index contributed by atoms with van der Waals surface area (Å²) in [5, 5.41) is 8.80. The zero-order chi connectivity index (χ0) is 15.0. The molecule has 0 radical (unpaired) electrons. The van der Waals surface area contributed by atoms with Gasteiger partial charge in [-0.15, -0.1) is 6.58 Å². The van der Waals surface area contributed by atoms with E-state index in [4.69, 9.17) is 19.5 Å². The number of hydrogen-bond donors (Lipinski definition) is 0. The number of esters is 1. The highest BCUT2D eigenvalue weighted by molar-refractivity contribution is 5.77. The van der Waals surface area contributed by atoms with Crippen LogP contribution in [0.5, 0.6) is 11.5 Å². The first-order chi connectivity index (χ1) is 9.62. The predicted molar refractivity (Wildman–Crippen MR) is 73.6 cm³/mol. The fraction of sp³-hybridized carbons (Fsp3) is 0.333. The second kappa shape index (κ2) is 7.97. The highest BCUT2D eigenvalue weighted by Gasteiger charge is 2.18. The van der Waals surface area contributed by atoms with Crippen LogP contribution in [0, 0.1) is 11.3 Å². The van der Waals surface area contributed by atoms with E-state index < -0.39 is 12.1 Å². The fourth-order valence-electron chi connectivity index (χ4n) is 1.41. The molecule has 20 heavy (non-hydrogen) atoms. The predicted octanol–water partition coefficient (Wildman–Crippen LogP) is 2.45. The molecule has 0 N–H and O–H groups in total. The van der Waals surface area contributed by atoms with E-state index in [9.17, 15) is 4.79 Å². The zero-order valence-electron chi connectivity index (χ0n) is 11.6. The van der Waals surface area contributed by atoms with Gasteiger partial charge in [-0.3, -0.25) is 0 Å². The van der Waals surface area contributed by atoms with E-state index in [1.54, 1.807) is 19.1 Å². The lowest BCUT2D eigenvalue weighted by Gasteiger charge is -2.13. The monoisotopic (exact) mass is 275 g/mol. The maximum atomic E-state index is 11.8. The van der Waals surface area contributed by atoms with Gasteiger partial charge in [0.15, 0.2) is 17.6 Å². The van der Waals surface area contributed by atoms with Crippen LogP contribution in [0.4, 0.5) is 0 Å². The molecule has 0 saturated heterocycles. The summed E-state index contributed by atoms with van der Waals surface area (Å²) in [6.07, 6.45) is 1.69. The van der Waals surface area contributed by atoms with Crippen molar-refractivity contribution >= 4 is 5.97 Å². The molecule has 5 heteroatoms. The van der Waals surface area contributed by atoms with E-state index in [1.165, 1.54) is 19.2 Å². The van der Waals surface area contributed by atoms with E-state index in [0.29, 0.717) is 24.3 Å². The van der Waals surface area contributed by atoms with Gasteiger partial charge in [0.2, 0.25) is 0 Å². The van der Waals surface area contributed by atoms with Crippen molar-refractivity contribution in [2.45, 2.75) is 19.4 Å². The fourth-order valence-corrected chi connectivity index (χ4v) is 1.41. The third-order valence-electron chi connectivity index (χ3n) is 2.53. The van der Waals surface area contributed by atoms with E-state index in [1.807, 2.05) is 6.07 Å². The second-order valence-electron chi connectivity index (χ2n) is 3.99. The van der Waals surface area contributed by atoms with Gasteiger partial charge >= 0.3 is 5.97 Å². The van der Waals surface area contributed by atoms with E-state index in [2.05, 4.69) is 6.58 Å². The van der Waals surface area contributed by atoms with Gasteiger partial charge in [0.05, 0.1) is 25.3 Å². The molecule has 5 nitrogen and oxygen atoms in total. The normalized spacial score (nSPS) is 11.2. The van der Waals surface area contributed by atoms with Crippen LogP contribution in [0.15, 0.2) is 30.9 Å². The van der Waals surface area contributed by atoms with Crippen molar-refractivity contribution in [3.63, 3.8) is 0 Å². The Hall–Kier alpha value is -2.32. The molecule has 1 aromatic rings. The van der Waals surface area contributed by atoms with Crippen LogP contribution in [-0.4, -0.2) is 25.8 Å². The third kappa shape index (κ3) is 4.41. The van der Waals surface area contributed by atoms with Crippen molar-refractivity contribution in [3.8, 4) is 17.6 Å². The van der Waals surface area contributed by atoms with Crippen LogP contribution in [0.2, 0.25) is 0 Å². The maximum Gasteiger partial charge on any atom is 0.340 e. The molecule has 0 aliphatic carbocycles. The zero-order valence-corrected chi connectivity index (χ0v) is 11.6. The molecule has 0 heterocycles. The molecule has 0 saturated carbocycles. The third-order valence-corrected chi connectivity index (χ3v) is 2.53.